The summed E-state index contributed by atoms with van der Waals surface area (Å²) in [5, 5.41) is 8.83. The Hall–Kier alpha value is -2.52. The molecular formula is C19H19F3N3+. The van der Waals surface area contributed by atoms with Crippen molar-refractivity contribution in [3.05, 3.63) is 65.2 Å². The molecule has 3 rings (SSSR count). The third kappa shape index (κ3) is 4.31. The molecule has 25 heavy (non-hydrogen) atoms. The third-order valence-corrected chi connectivity index (χ3v) is 4.55. The Morgan fingerprint density at radius 3 is 2.32 bits per heavy atom. The molecule has 0 atom stereocenters. The van der Waals surface area contributed by atoms with E-state index < -0.39 is 11.7 Å². The molecule has 1 heterocycles. The second-order valence-electron chi connectivity index (χ2n) is 6.27. The molecule has 0 aliphatic carbocycles. The Bertz CT molecular complexity index is 755. The number of nitrogens with zero attached hydrogens (tertiary/aromatic N) is 2. The number of piperazine rings is 1. The molecule has 0 bridgehead atoms. The van der Waals surface area contributed by atoms with E-state index in [1.165, 1.54) is 22.6 Å². The highest BCUT2D eigenvalue weighted by atomic mass is 19.4. The molecule has 0 amide bonds. The van der Waals surface area contributed by atoms with E-state index >= 15 is 0 Å². The van der Waals surface area contributed by atoms with E-state index in [4.69, 9.17) is 5.26 Å². The number of halogens is 3. The normalized spacial score (nSPS) is 15.8. The van der Waals surface area contributed by atoms with Crippen LogP contribution in [0.3, 0.4) is 0 Å². The first-order chi connectivity index (χ1) is 12.0. The molecule has 6 heteroatoms. The summed E-state index contributed by atoms with van der Waals surface area (Å²) in [6.45, 7) is 4.06. The molecule has 1 N–H and O–H groups in total. The van der Waals surface area contributed by atoms with E-state index in [9.17, 15) is 13.2 Å². The number of rotatable bonds is 3. The summed E-state index contributed by atoms with van der Waals surface area (Å²) in [5.41, 5.74) is 1.85. The van der Waals surface area contributed by atoms with Crippen molar-refractivity contribution in [3.8, 4) is 6.07 Å². The van der Waals surface area contributed by atoms with Gasteiger partial charge in [0.2, 0.25) is 0 Å². The fourth-order valence-corrected chi connectivity index (χ4v) is 3.12. The van der Waals surface area contributed by atoms with Crippen LogP contribution in [0.2, 0.25) is 0 Å². The smallest absolute Gasteiger partial charge is 0.360 e. The zero-order valence-corrected chi connectivity index (χ0v) is 13.7. The molecule has 1 fully saturated rings. The Morgan fingerprint density at radius 1 is 1.04 bits per heavy atom. The van der Waals surface area contributed by atoms with Crippen LogP contribution < -0.4 is 9.80 Å². The van der Waals surface area contributed by atoms with Crippen LogP contribution in [0, 0.1) is 11.3 Å². The van der Waals surface area contributed by atoms with Gasteiger partial charge >= 0.3 is 6.18 Å². The molecule has 0 spiro atoms. The SMILES string of the molecule is N#Cc1ccc(C[NH+]2CCN(c3cccc(C(F)(F)F)c3)CC2)cc1. The zero-order valence-electron chi connectivity index (χ0n) is 13.7. The van der Waals surface area contributed by atoms with Gasteiger partial charge in [-0.05, 0) is 30.3 Å². The van der Waals surface area contributed by atoms with Crippen LogP contribution in [0.15, 0.2) is 48.5 Å². The van der Waals surface area contributed by atoms with Gasteiger partial charge in [0.1, 0.15) is 6.54 Å². The number of nitrogens with one attached hydrogen (secondary N) is 1. The predicted molar refractivity (Wildman–Crippen MR) is 89.2 cm³/mol. The quantitative estimate of drug-likeness (QED) is 0.926. The largest absolute Gasteiger partial charge is 0.416 e. The van der Waals surface area contributed by atoms with Crippen LogP contribution in [0.25, 0.3) is 0 Å². The molecule has 1 saturated heterocycles. The molecule has 130 valence electrons. The number of hydrogen-bond donors (Lipinski definition) is 1. The molecule has 1 aliphatic heterocycles. The first-order valence-electron chi connectivity index (χ1n) is 8.20. The van der Waals surface area contributed by atoms with Crippen molar-refractivity contribution >= 4 is 5.69 Å². The van der Waals surface area contributed by atoms with Gasteiger partial charge in [-0.25, -0.2) is 0 Å². The summed E-state index contributed by atoms with van der Waals surface area (Å²) in [6.07, 6.45) is -4.31. The van der Waals surface area contributed by atoms with Gasteiger partial charge < -0.3 is 9.80 Å². The maximum absolute atomic E-state index is 12.9. The Morgan fingerprint density at radius 2 is 1.72 bits per heavy atom. The molecule has 2 aromatic rings. The average Bonchev–Trinajstić information content (AvgIpc) is 2.62. The number of anilines is 1. The number of alkyl halides is 3. The topological polar surface area (TPSA) is 31.5 Å². The lowest BCUT2D eigenvalue weighted by Gasteiger charge is -2.34. The van der Waals surface area contributed by atoms with Crippen molar-refractivity contribution < 1.29 is 18.1 Å². The third-order valence-electron chi connectivity index (χ3n) is 4.55. The number of hydrogen-bond acceptors (Lipinski definition) is 2. The molecule has 1 aliphatic rings. The van der Waals surface area contributed by atoms with E-state index in [1.807, 2.05) is 29.2 Å². The van der Waals surface area contributed by atoms with Gasteiger partial charge in [-0.1, -0.05) is 18.2 Å². The van der Waals surface area contributed by atoms with Gasteiger partial charge in [0.15, 0.2) is 0 Å². The molecule has 3 nitrogen and oxygen atoms in total. The highest BCUT2D eigenvalue weighted by Crippen LogP contribution is 2.31. The fraction of sp³-hybridized carbons (Fsp3) is 0.316. The summed E-state index contributed by atoms with van der Waals surface area (Å²) >= 11 is 0. The molecular weight excluding hydrogens is 327 g/mol. The van der Waals surface area contributed by atoms with Crippen LogP contribution in [-0.2, 0) is 12.7 Å². The Balaban J connectivity index is 1.59. The van der Waals surface area contributed by atoms with E-state index in [-0.39, 0.29) is 0 Å². The molecule has 0 saturated carbocycles. The Labute approximate surface area is 144 Å². The minimum Gasteiger partial charge on any atom is -0.360 e. The van der Waals surface area contributed by atoms with Gasteiger partial charge in [0, 0.05) is 11.3 Å². The van der Waals surface area contributed by atoms with Crippen molar-refractivity contribution in [2.75, 3.05) is 31.1 Å². The van der Waals surface area contributed by atoms with Crippen molar-refractivity contribution in [3.63, 3.8) is 0 Å². The predicted octanol–water partition coefficient (Wildman–Crippen LogP) is 2.48. The lowest BCUT2D eigenvalue weighted by Crippen LogP contribution is -3.13. The van der Waals surface area contributed by atoms with Crippen molar-refractivity contribution in [1.29, 1.82) is 5.26 Å². The van der Waals surface area contributed by atoms with Crippen LogP contribution in [0.5, 0.6) is 0 Å². The number of benzene rings is 2. The van der Waals surface area contributed by atoms with Gasteiger partial charge in [0.05, 0.1) is 43.4 Å². The van der Waals surface area contributed by atoms with Crippen LogP contribution in [-0.4, -0.2) is 26.2 Å². The second-order valence-corrected chi connectivity index (χ2v) is 6.27. The van der Waals surface area contributed by atoms with Gasteiger partial charge in [0.25, 0.3) is 0 Å². The standard InChI is InChI=1S/C19H18F3N3/c20-19(21,22)17-2-1-3-18(12-17)25-10-8-24(9-11-25)14-16-6-4-15(13-23)5-7-16/h1-7,12H,8-11,14H2/p+1. The van der Waals surface area contributed by atoms with Crippen molar-refractivity contribution in [1.82, 2.24) is 0 Å². The van der Waals surface area contributed by atoms with Crippen LogP contribution >= 0.6 is 0 Å². The highest BCUT2D eigenvalue weighted by molar-refractivity contribution is 5.49. The average molecular weight is 346 g/mol. The lowest BCUT2D eigenvalue weighted by atomic mass is 10.1. The number of nitriles is 1. The van der Waals surface area contributed by atoms with E-state index in [0.29, 0.717) is 11.3 Å². The first kappa shape index (κ1) is 17.3. The summed E-state index contributed by atoms with van der Waals surface area (Å²) in [6, 6.07) is 15.2. The minimum absolute atomic E-state index is 0.600. The Kier molecular flexibility index (Phi) is 4.95. The van der Waals surface area contributed by atoms with E-state index in [0.717, 1.165) is 38.8 Å². The van der Waals surface area contributed by atoms with Crippen LogP contribution in [0.4, 0.5) is 18.9 Å². The van der Waals surface area contributed by atoms with Crippen molar-refractivity contribution in [2.45, 2.75) is 12.7 Å². The summed E-state index contributed by atoms with van der Waals surface area (Å²) in [5.74, 6) is 0. The zero-order chi connectivity index (χ0) is 17.9. The van der Waals surface area contributed by atoms with Gasteiger partial charge in [-0.15, -0.1) is 0 Å². The lowest BCUT2D eigenvalue weighted by molar-refractivity contribution is -0.914. The summed E-state index contributed by atoms with van der Waals surface area (Å²) in [7, 11) is 0. The summed E-state index contributed by atoms with van der Waals surface area (Å²) < 4.78 is 38.6. The minimum atomic E-state index is -4.31. The maximum atomic E-state index is 12.9. The maximum Gasteiger partial charge on any atom is 0.416 e. The highest BCUT2D eigenvalue weighted by Gasteiger charge is 2.31. The monoisotopic (exact) mass is 346 g/mol. The van der Waals surface area contributed by atoms with Crippen LogP contribution in [0.1, 0.15) is 16.7 Å². The fourth-order valence-electron chi connectivity index (χ4n) is 3.12. The van der Waals surface area contributed by atoms with Gasteiger partial charge in [-0.3, -0.25) is 0 Å². The van der Waals surface area contributed by atoms with E-state index in [1.54, 1.807) is 6.07 Å². The second kappa shape index (κ2) is 7.16. The first-order valence-corrected chi connectivity index (χ1v) is 8.20. The molecule has 0 radical (unpaired) electrons. The molecule has 0 aromatic heterocycles. The van der Waals surface area contributed by atoms with Crippen molar-refractivity contribution in [2.24, 2.45) is 0 Å². The molecule has 2 aromatic carbocycles. The van der Waals surface area contributed by atoms with E-state index in [2.05, 4.69) is 6.07 Å². The van der Waals surface area contributed by atoms with Gasteiger partial charge in [-0.2, -0.15) is 18.4 Å². The number of quaternary nitrogens is 1. The molecule has 0 unspecified atom stereocenters. The summed E-state index contributed by atoms with van der Waals surface area (Å²) in [4.78, 5) is 3.41.